The van der Waals surface area contributed by atoms with Crippen LogP contribution in [0.5, 0.6) is 5.75 Å². The lowest BCUT2D eigenvalue weighted by atomic mass is 9.96. The second-order valence-corrected chi connectivity index (χ2v) is 6.30. The normalized spacial score (nSPS) is 13.2. The SMILES string of the molecule is CCN(CC)C(=O)Oc1cc2ccc1CCc1ccc(cc1)CC2. The van der Waals surface area contributed by atoms with Gasteiger partial charge in [0.15, 0.2) is 0 Å². The molecular formula is C21H25NO2. The molecule has 4 bridgehead atoms. The Balaban J connectivity index is 1.87. The van der Waals surface area contributed by atoms with Gasteiger partial charge in [0, 0.05) is 13.1 Å². The first-order valence-electron chi connectivity index (χ1n) is 8.86. The van der Waals surface area contributed by atoms with E-state index in [1.54, 1.807) is 4.90 Å². The number of nitrogens with zero attached hydrogens (tertiary/aromatic N) is 1. The lowest BCUT2D eigenvalue weighted by Crippen LogP contribution is -2.33. The van der Waals surface area contributed by atoms with Crippen LogP contribution in [0.1, 0.15) is 36.1 Å². The molecule has 3 heteroatoms. The number of hydrogen-bond acceptors (Lipinski definition) is 2. The summed E-state index contributed by atoms with van der Waals surface area (Å²) in [7, 11) is 0. The van der Waals surface area contributed by atoms with E-state index in [1.165, 1.54) is 16.7 Å². The smallest absolute Gasteiger partial charge is 0.410 e. The van der Waals surface area contributed by atoms with E-state index in [4.69, 9.17) is 4.74 Å². The summed E-state index contributed by atoms with van der Waals surface area (Å²) >= 11 is 0. The molecule has 0 aliphatic heterocycles. The molecule has 4 aliphatic rings. The fourth-order valence-corrected chi connectivity index (χ4v) is 3.14. The van der Waals surface area contributed by atoms with Crippen LogP contribution in [0.15, 0.2) is 42.5 Å². The third-order valence-corrected chi connectivity index (χ3v) is 4.76. The van der Waals surface area contributed by atoms with Crippen molar-refractivity contribution in [3.63, 3.8) is 0 Å². The summed E-state index contributed by atoms with van der Waals surface area (Å²) in [5.74, 6) is 0.722. The van der Waals surface area contributed by atoms with Gasteiger partial charge in [-0.25, -0.2) is 4.79 Å². The first-order chi connectivity index (χ1) is 11.7. The van der Waals surface area contributed by atoms with Crippen LogP contribution in [0.2, 0.25) is 0 Å². The standard InChI is InChI=1S/C21H25NO2/c1-3-22(4-2)21(23)24-20-15-18-10-9-16-5-7-17(8-6-16)11-13-19(20)14-12-18/h5-8,12,14-15H,3-4,9-11,13H2,1-2H3. The van der Waals surface area contributed by atoms with Crippen molar-refractivity contribution in [2.45, 2.75) is 39.5 Å². The summed E-state index contributed by atoms with van der Waals surface area (Å²) in [5.41, 5.74) is 4.99. The van der Waals surface area contributed by atoms with Gasteiger partial charge in [-0.15, -0.1) is 0 Å². The first kappa shape index (κ1) is 16.6. The third-order valence-electron chi connectivity index (χ3n) is 4.76. The molecule has 2 aromatic carbocycles. The number of hydrogen-bond donors (Lipinski definition) is 0. The molecule has 0 saturated heterocycles. The zero-order valence-corrected chi connectivity index (χ0v) is 14.5. The van der Waals surface area contributed by atoms with E-state index >= 15 is 0 Å². The number of aryl methyl sites for hydroxylation is 4. The fourth-order valence-electron chi connectivity index (χ4n) is 3.14. The number of benzene rings is 2. The number of rotatable bonds is 3. The summed E-state index contributed by atoms with van der Waals surface area (Å²) in [6, 6.07) is 15.2. The highest BCUT2D eigenvalue weighted by molar-refractivity contribution is 5.71. The lowest BCUT2D eigenvalue weighted by Gasteiger charge is -2.20. The highest BCUT2D eigenvalue weighted by Gasteiger charge is 2.15. The molecule has 0 unspecified atom stereocenters. The molecule has 6 rings (SSSR count). The Kier molecular flexibility index (Phi) is 5.19. The monoisotopic (exact) mass is 323 g/mol. The predicted octanol–water partition coefficient (Wildman–Crippen LogP) is 4.41. The topological polar surface area (TPSA) is 29.5 Å². The van der Waals surface area contributed by atoms with Gasteiger partial charge in [-0.1, -0.05) is 36.4 Å². The summed E-state index contributed by atoms with van der Waals surface area (Å²) < 4.78 is 5.74. The van der Waals surface area contributed by atoms with Crippen molar-refractivity contribution < 1.29 is 9.53 Å². The zero-order chi connectivity index (χ0) is 16.9. The summed E-state index contributed by atoms with van der Waals surface area (Å²) in [6.07, 6.45) is 3.53. The maximum absolute atomic E-state index is 12.3. The van der Waals surface area contributed by atoms with E-state index < -0.39 is 0 Å². The van der Waals surface area contributed by atoms with Gasteiger partial charge in [0.05, 0.1) is 0 Å². The maximum atomic E-state index is 12.3. The summed E-state index contributed by atoms with van der Waals surface area (Å²) in [4.78, 5) is 14.0. The quantitative estimate of drug-likeness (QED) is 0.837. The Labute approximate surface area is 144 Å². The Morgan fingerprint density at radius 3 is 2.04 bits per heavy atom. The largest absolute Gasteiger partial charge is 0.415 e. The number of carbonyl (C=O) groups excluding carboxylic acids is 1. The van der Waals surface area contributed by atoms with Crippen LogP contribution < -0.4 is 4.74 Å². The second kappa shape index (κ2) is 7.52. The van der Waals surface area contributed by atoms with E-state index in [1.807, 2.05) is 19.9 Å². The third kappa shape index (κ3) is 3.78. The first-order valence-corrected chi connectivity index (χ1v) is 8.86. The minimum atomic E-state index is -0.256. The molecule has 0 aromatic heterocycles. The van der Waals surface area contributed by atoms with E-state index in [2.05, 4.69) is 36.4 Å². The summed E-state index contributed by atoms with van der Waals surface area (Å²) in [5, 5.41) is 0. The van der Waals surface area contributed by atoms with Gasteiger partial charge in [-0.3, -0.25) is 0 Å². The van der Waals surface area contributed by atoms with Crippen LogP contribution in [0, 0.1) is 0 Å². The molecule has 0 spiro atoms. The van der Waals surface area contributed by atoms with Gasteiger partial charge in [0.2, 0.25) is 0 Å². The molecule has 3 nitrogen and oxygen atoms in total. The van der Waals surface area contributed by atoms with Crippen molar-refractivity contribution in [3.8, 4) is 5.75 Å². The molecule has 0 radical (unpaired) electrons. The Hall–Kier alpha value is -2.29. The van der Waals surface area contributed by atoms with Crippen LogP contribution >= 0.6 is 0 Å². The van der Waals surface area contributed by atoms with Crippen molar-refractivity contribution in [2.24, 2.45) is 0 Å². The second-order valence-electron chi connectivity index (χ2n) is 6.30. The maximum Gasteiger partial charge on any atom is 0.415 e. The molecule has 0 heterocycles. The Morgan fingerprint density at radius 1 is 0.875 bits per heavy atom. The molecular weight excluding hydrogens is 298 g/mol. The average molecular weight is 323 g/mol. The van der Waals surface area contributed by atoms with E-state index in [0.717, 1.165) is 37.0 Å². The van der Waals surface area contributed by atoms with E-state index in [-0.39, 0.29) is 6.09 Å². The van der Waals surface area contributed by atoms with Gasteiger partial charge in [-0.2, -0.15) is 0 Å². The minimum Gasteiger partial charge on any atom is -0.410 e. The molecule has 126 valence electrons. The lowest BCUT2D eigenvalue weighted by molar-refractivity contribution is 0.157. The zero-order valence-electron chi connectivity index (χ0n) is 14.5. The molecule has 0 saturated carbocycles. The highest BCUT2D eigenvalue weighted by atomic mass is 16.6. The minimum absolute atomic E-state index is 0.256. The van der Waals surface area contributed by atoms with Crippen LogP contribution in [-0.2, 0) is 25.7 Å². The Bertz CT molecular complexity index is 702. The van der Waals surface area contributed by atoms with Gasteiger partial charge in [0.1, 0.15) is 5.75 Å². The van der Waals surface area contributed by atoms with Crippen LogP contribution in [0.25, 0.3) is 0 Å². The number of ether oxygens (including phenoxy) is 1. The van der Waals surface area contributed by atoms with Crippen LogP contribution in [0.3, 0.4) is 0 Å². The summed E-state index contributed by atoms with van der Waals surface area (Å²) in [6.45, 7) is 5.26. The van der Waals surface area contributed by atoms with Gasteiger partial charge in [0.25, 0.3) is 0 Å². The van der Waals surface area contributed by atoms with Crippen molar-refractivity contribution in [1.82, 2.24) is 4.90 Å². The number of amides is 1. The molecule has 2 aromatic rings. The van der Waals surface area contributed by atoms with E-state index in [0.29, 0.717) is 13.1 Å². The average Bonchev–Trinajstić information content (AvgIpc) is 2.59. The van der Waals surface area contributed by atoms with Gasteiger partial charge in [-0.05, 0) is 67.9 Å². The molecule has 4 aliphatic carbocycles. The fraction of sp³-hybridized carbons (Fsp3) is 0.381. The molecule has 24 heavy (non-hydrogen) atoms. The van der Waals surface area contributed by atoms with Crippen LogP contribution in [-0.4, -0.2) is 24.1 Å². The van der Waals surface area contributed by atoms with Gasteiger partial charge < -0.3 is 9.64 Å². The van der Waals surface area contributed by atoms with Crippen molar-refractivity contribution in [2.75, 3.05) is 13.1 Å². The van der Waals surface area contributed by atoms with Crippen LogP contribution in [0.4, 0.5) is 4.79 Å². The van der Waals surface area contributed by atoms with Crippen molar-refractivity contribution in [1.29, 1.82) is 0 Å². The van der Waals surface area contributed by atoms with Crippen molar-refractivity contribution in [3.05, 3.63) is 64.7 Å². The Morgan fingerprint density at radius 2 is 1.42 bits per heavy atom. The number of carbonyl (C=O) groups is 1. The molecule has 0 N–H and O–H groups in total. The van der Waals surface area contributed by atoms with Crippen molar-refractivity contribution >= 4 is 6.09 Å². The van der Waals surface area contributed by atoms with Gasteiger partial charge >= 0.3 is 6.09 Å². The molecule has 0 fully saturated rings. The molecule has 0 atom stereocenters. The highest BCUT2D eigenvalue weighted by Crippen LogP contribution is 2.25. The predicted molar refractivity (Wildman–Crippen MR) is 96.6 cm³/mol. The molecule has 1 amide bonds. The van der Waals surface area contributed by atoms with E-state index in [9.17, 15) is 4.79 Å².